The summed E-state index contributed by atoms with van der Waals surface area (Å²) in [6, 6.07) is 0. The number of hydrogen-bond acceptors (Lipinski definition) is 1. The molecule has 1 nitrogen and oxygen atoms in total. The minimum absolute atomic E-state index is 0. The first-order valence-electron chi connectivity index (χ1n) is 13.6. The SMILES string of the molecule is C=C(C)C1CCC2(CO)CCC3(C)C(CCC4C5(C)CC[CH-]C(C)(C)C5CCC43C)C12.[Y]. The first kappa shape index (κ1) is 25.9. The molecule has 5 rings (SSSR count). The third-order valence-corrected chi connectivity index (χ3v) is 13.1. The second kappa shape index (κ2) is 8.16. The van der Waals surface area contributed by atoms with Crippen molar-refractivity contribution in [2.24, 2.45) is 56.7 Å². The summed E-state index contributed by atoms with van der Waals surface area (Å²) >= 11 is 0. The summed E-state index contributed by atoms with van der Waals surface area (Å²) in [5.41, 5.74) is 3.31. The van der Waals surface area contributed by atoms with E-state index in [1.54, 1.807) is 0 Å². The van der Waals surface area contributed by atoms with Gasteiger partial charge in [0.1, 0.15) is 0 Å². The standard InChI is InChI=1S/C30H49O.Y/c1-20(2)21-11-16-30(19-31)18-17-28(6)22(25(21)30)9-10-24-27(5)14-8-13-26(3,4)23(27)12-15-29(24,28)7;/h13,21-25,31H,1,8-12,14-19H2,2-7H3;/q-1;. The van der Waals surface area contributed by atoms with Gasteiger partial charge in [-0.2, -0.15) is 11.8 Å². The Morgan fingerprint density at radius 3 is 2.25 bits per heavy atom. The minimum atomic E-state index is 0. The van der Waals surface area contributed by atoms with Crippen LogP contribution in [0.1, 0.15) is 106 Å². The summed E-state index contributed by atoms with van der Waals surface area (Å²) in [5.74, 6) is 3.77. The van der Waals surface area contributed by atoms with Crippen molar-refractivity contribution in [2.75, 3.05) is 6.61 Å². The van der Waals surface area contributed by atoms with Crippen molar-refractivity contribution in [3.05, 3.63) is 18.6 Å². The molecule has 0 spiro atoms. The molecule has 9 atom stereocenters. The zero-order valence-corrected chi connectivity index (χ0v) is 24.8. The first-order valence-corrected chi connectivity index (χ1v) is 13.6. The number of allylic oxidation sites excluding steroid dienone is 1. The van der Waals surface area contributed by atoms with Gasteiger partial charge in [0.2, 0.25) is 0 Å². The Labute approximate surface area is 224 Å². The second-order valence-electron chi connectivity index (χ2n) is 14.3. The van der Waals surface area contributed by atoms with Gasteiger partial charge in [-0.05, 0) is 97.2 Å². The predicted molar refractivity (Wildman–Crippen MR) is 130 cm³/mol. The molecule has 0 aromatic carbocycles. The maximum Gasteiger partial charge on any atom is 0.0490 e. The molecule has 1 radical (unpaired) electrons. The van der Waals surface area contributed by atoms with Gasteiger partial charge in [-0.25, -0.2) is 0 Å². The van der Waals surface area contributed by atoms with Gasteiger partial charge in [-0.3, -0.25) is 0 Å². The first-order chi connectivity index (χ1) is 14.5. The molecule has 32 heavy (non-hydrogen) atoms. The molecule has 5 saturated carbocycles. The Kier molecular flexibility index (Phi) is 6.60. The van der Waals surface area contributed by atoms with Gasteiger partial charge in [0, 0.05) is 39.3 Å². The molecule has 179 valence electrons. The van der Waals surface area contributed by atoms with Gasteiger partial charge >= 0.3 is 0 Å². The molecule has 1 N–H and O–H groups in total. The van der Waals surface area contributed by atoms with Crippen molar-refractivity contribution in [1.82, 2.24) is 0 Å². The van der Waals surface area contributed by atoms with Crippen LogP contribution in [-0.4, -0.2) is 11.7 Å². The van der Waals surface area contributed by atoms with E-state index < -0.39 is 0 Å². The maximum atomic E-state index is 10.6. The molecule has 2 heteroatoms. The van der Waals surface area contributed by atoms with E-state index in [1.165, 1.54) is 69.8 Å². The van der Waals surface area contributed by atoms with Gasteiger partial charge < -0.3 is 11.5 Å². The molecule has 5 fully saturated rings. The van der Waals surface area contributed by atoms with Gasteiger partial charge in [0.05, 0.1) is 0 Å². The van der Waals surface area contributed by atoms with Crippen LogP contribution in [0.15, 0.2) is 12.2 Å². The van der Waals surface area contributed by atoms with Crippen molar-refractivity contribution < 1.29 is 37.8 Å². The molecule has 0 aromatic heterocycles. The van der Waals surface area contributed by atoms with Gasteiger partial charge in [-0.1, -0.05) is 65.5 Å². The van der Waals surface area contributed by atoms with Crippen LogP contribution in [-0.2, 0) is 32.7 Å². The van der Waals surface area contributed by atoms with Crippen LogP contribution < -0.4 is 0 Å². The maximum absolute atomic E-state index is 10.6. The average molecular weight is 515 g/mol. The third-order valence-electron chi connectivity index (χ3n) is 13.1. The number of aliphatic hydroxyl groups excluding tert-OH is 1. The molecule has 0 amide bonds. The van der Waals surface area contributed by atoms with Crippen LogP contribution in [0.5, 0.6) is 0 Å². The molecule has 0 saturated heterocycles. The monoisotopic (exact) mass is 514 g/mol. The van der Waals surface area contributed by atoms with E-state index in [-0.39, 0.29) is 38.1 Å². The number of aliphatic hydroxyl groups is 1. The zero-order chi connectivity index (χ0) is 22.4. The van der Waals surface area contributed by atoms with Crippen LogP contribution in [0.4, 0.5) is 0 Å². The van der Waals surface area contributed by atoms with E-state index in [9.17, 15) is 5.11 Å². The van der Waals surface area contributed by atoms with Crippen molar-refractivity contribution in [3.8, 4) is 0 Å². The summed E-state index contributed by atoms with van der Waals surface area (Å²) in [5, 5.41) is 10.6. The topological polar surface area (TPSA) is 20.2 Å². The summed E-state index contributed by atoms with van der Waals surface area (Å²) in [7, 11) is 0. The molecule has 5 aliphatic rings. The van der Waals surface area contributed by atoms with Crippen molar-refractivity contribution >= 4 is 0 Å². The fraction of sp³-hybridized carbons (Fsp3) is 0.900. The van der Waals surface area contributed by atoms with E-state index in [1.807, 2.05) is 0 Å². The van der Waals surface area contributed by atoms with Crippen LogP contribution >= 0.6 is 0 Å². The van der Waals surface area contributed by atoms with E-state index in [0.29, 0.717) is 40.1 Å². The Balaban J connectivity index is 0.00000245. The number of rotatable bonds is 2. The van der Waals surface area contributed by atoms with Crippen molar-refractivity contribution in [2.45, 2.75) is 106 Å². The van der Waals surface area contributed by atoms with E-state index in [0.717, 1.165) is 17.8 Å². The number of fused-ring (bicyclic) bond motifs is 7. The quantitative estimate of drug-likeness (QED) is 0.294. The van der Waals surface area contributed by atoms with Crippen molar-refractivity contribution in [1.29, 1.82) is 0 Å². The van der Waals surface area contributed by atoms with E-state index in [2.05, 4.69) is 54.5 Å². The van der Waals surface area contributed by atoms with Crippen LogP contribution in [0.3, 0.4) is 0 Å². The van der Waals surface area contributed by atoms with Crippen LogP contribution in [0, 0.1) is 63.1 Å². The minimum Gasteiger partial charge on any atom is -0.396 e. The van der Waals surface area contributed by atoms with E-state index >= 15 is 0 Å². The average Bonchev–Trinajstić information content (AvgIpc) is 3.08. The van der Waals surface area contributed by atoms with Gasteiger partial charge in [0.25, 0.3) is 0 Å². The molecule has 0 bridgehead atoms. The normalized spacial score (nSPS) is 53.8. The predicted octanol–water partition coefficient (Wildman–Crippen LogP) is 7.84. The molecule has 0 heterocycles. The fourth-order valence-corrected chi connectivity index (χ4v) is 11.4. The number of hydrogen-bond donors (Lipinski definition) is 1. The second-order valence-corrected chi connectivity index (χ2v) is 14.3. The van der Waals surface area contributed by atoms with Gasteiger partial charge in [0.15, 0.2) is 0 Å². The largest absolute Gasteiger partial charge is 0.396 e. The van der Waals surface area contributed by atoms with Gasteiger partial charge in [-0.15, -0.1) is 0 Å². The molecule has 5 aliphatic carbocycles. The Morgan fingerprint density at radius 2 is 1.59 bits per heavy atom. The fourth-order valence-electron chi connectivity index (χ4n) is 11.4. The molecule has 0 aromatic rings. The van der Waals surface area contributed by atoms with E-state index in [4.69, 9.17) is 0 Å². The Morgan fingerprint density at radius 1 is 0.875 bits per heavy atom. The van der Waals surface area contributed by atoms with Crippen molar-refractivity contribution in [3.63, 3.8) is 0 Å². The summed E-state index contributed by atoms with van der Waals surface area (Å²) in [6.07, 6.45) is 16.1. The smallest absolute Gasteiger partial charge is 0.0490 e. The van der Waals surface area contributed by atoms with Crippen LogP contribution in [0.25, 0.3) is 0 Å². The summed E-state index contributed by atoms with van der Waals surface area (Å²) in [6.45, 7) is 20.3. The molecular formula is C30H49OY-. The zero-order valence-electron chi connectivity index (χ0n) is 22.0. The molecular weight excluding hydrogens is 465 g/mol. The molecule has 0 aliphatic heterocycles. The Hall–Kier alpha value is 0.804. The summed E-state index contributed by atoms with van der Waals surface area (Å²) < 4.78 is 0. The summed E-state index contributed by atoms with van der Waals surface area (Å²) in [4.78, 5) is 0. The third kappa shape index (κ3) is 3.18. The molecule has 9 unspecified atom stereocenters. The van der Waals surface area contributed by atoms with Crippen LogP contribution in [0.2, 0.25) is 0 Å². The Bertz CT molecular complexity index is 758.